The van der Waals surface area contributed by atoms with E-state index in [1.54, 1.807) is 12.1 Å². The fourth-order valence-electron chi connectivity index (χ4n) is 1.79. The second-order valence-corrected chi connectivity index (χ2v) is 5.47. The lowest BCUT2D eigenvalue weighted by Crippen LogP contribution is -2.07. The van der Waals surface area contributed by atoms with Gasteiger partial charge in [0.25, 0.3) is 0 Å². The highest BCUT2D eigenvalue weighted by molar-refractivity contribution is 7.98. The number of anilines is 1. The lowest BCUT2D eigenvalue weighted by atomic mass is 10.2. The number of nitrogens with one attached hydrogen (secondary N) is 1. The van der Waals surface area contributed by atoms with E-state index >= 15 is 0 Å². The van der Waals surface area contributed by atoms with E-state index in [0.717, 1.165) is 29.4 Å². The van der Waals surface area contributed by atoms with Gasteiger partial charge in [-0.3, -0.25) is 0 Å². The molecule has 1 N–H and O–H groups in total. The van der Waals surface area contributed by atoms with Crippen LogP contribution in [0, 0.1) is 19.7 Å². The topological polar surface area (TPSA) is 37.8 Å². The molecule has 0 aliphatic carbocycles. The smallest absolute Gasteiger partial charge is 0.141 e. The van der Waals surface area contributed by atoms with E-state index in [9.17, 15) is 4.39 Å². The van der Waals surface area contributed by atoms with Crippen molar-refractivity contribution in [1.29, 1.82) is 0 Å². The van der Waals surface area contributed by atoms with Gasteiger partial charge in [0.2, 0.25) is 0 Å². The predicted octanol–water partition coefficient (Wildman–Crippen LogP) is 3.96. The van der Waals surface area contributed by atoms with Gasteiger partial charge in [0.15, 0.2) is 0 Å². The van der Waals surface area contributed by atoms with Gasteiger partial charge in [-0.1, -0.05) is 12.1 Å². The van der Waals surface area contributed by atoms with Crippen molar-refractivity contribution < 1.29 is 4.39 Å². The molecule has 0 bridgehead atoms. The fraction of sp³-hybridized carbons (Fsp3) is 0.333. The Bertz CT molecular complexity index is 602. The molecule has 0 aliphatic rings. The molecule has 106 valence electrons. The highest BCUT2D eigenvalue weighted by Gasteiger charge is 2.09. The van der Waals surface area contributed by atoms with Gasteiger partial charge in [0.1, 0.15) is 17.5 Å². The predicted molar refractivity (Wildman–Crippen MR) is 81.6 cm³/mol. The minimum atomic E-state index is -0.201. The third-order valence-electron chi connectivity index (χ3n) is 2.97. The van der Waals surface area contributed by atoms with Crippen molar-refractivity contribution in [3.8, 4) is 0 Å². The number of halogens is 1. The molecule has 0 atom stereocenters. The second-order valence-electron chi connectivity index (χ2n) is 4.45. The average Bonchev–Trinajstić information content (AvgIpc) is 2.43. The summed E-state index contributed by atoms with van der Waals surface area (Å²) in [4.78, 5) is 9.59. The minimum absolute atomic E-state index is 0.201. The highest BCUT2D eigenvalue weighted by atomic mass is 32.2. The SMILES string of the molecule is CCNc1nc(CSc2ccccc2F)nc(C)c1C. The van der Waals surface area contributed by atoms with Crippen LogP contribution >= 0.6 is 11.8 Å². The Morgan fingerprint density at radius 1 is 1.20 bits per heavy atom. The summed E-state index contributed by atoms with van der Waals surface area (Å²) in [5, 5.41) is 3.23. The van der Waals surface area contributed by atoms with Crippen LogP contribution in [0.3, 0.4) is 0 Å². The Morgan fingerprint density at radius 3 is 2.65 bits per heavy atom. The van der Waals surface area contributed by atoms with Crippen molar-refractivity contribution >= 4 is 17.6 Å². The van der Waals surface area contributed by atoms with Crippen LogP contribution in [0.1, 0.15) is 24.0 Å². The van der Waals surface area contributed by atoms with E-state index in [2.05, 4.69) is 15.3 Å². The van der Waals surface area contributed by atoms with Gasteiger partial charge in [-0.05, 0) is 32.9 Å². The Kier molecular flexibility index (Phi) is 4.95. The Balaban J connectivity index is 2.16. The molecular formula is C15H18FN3S. The highest BCUT2D eigenvalue weighted by Crippen LogP contribution is 2.25. The second kappa shape index (κ2) is 6.70. The van der Waals surface area contributed by atoms with E-state index in [1.165, 1.54) is 17.8 Å². The first-order valence-electron chi connectivity index (χ1n) is 6.57. The Morgan fingerprint density at radius 2 is 1.95 bits per heavy atom. The zero-order valence-electron chi connectivity index (χ0n) is 11.9. The standard InChI is InChI=1S/C15H18FN3S/c1-4-17-15-10(2)11(3)18-14(19-15)9-20-13-8-6-5-7-12(13)16/h5-8H,4,9H2,1-3H3,(H,17,18,19). The molecule has 0 saturated heterocycles. The Labute approximate surface area is 123 Å². The molecule has 2 rings (SSSR count). The number of rotatable bonds is 5. The molecule has 2 aromatic rings. The first-order chi connectivity index (χ1) is 9.61. The molecular weight excluding hydrogens is 273 g/mol. The summed E-state index contributed by atoms with van der Waals surface area (Å²) in [7, 11) is 0. The van der Waals surface area contributed by atoms with Crippen molar-refractivity contribution in [2.75, 3.05) is 11.9 Å². The van der Waals surface area contributed by atoms with Crippen LogP contribution in [0.5, 0.6) is 0 Å². The van der Waals surface area contributed by atoms with E-state index in [4.69, 9.17) is 0 Å². The normalized spacial score (nSPS) is 10.6. The van der Waals surface area contributed by atoms with Gasteiger partial charge < -0.3 is 5.32 Å². The lowest BCUT2D eigenvalue weighted by molar-refractivity contribution is 0.602. The molecule has 0 aliphatic heterocycles. The molecule has 0 saturated carbocycles. The average molecular weight is 291 g/mol. The van der Waals surface area contributed by atoms with E-state index in [1.807, 2.05) is 26.8 Å². The summed E-state index contributed by atoms with van der Waals surface area (Å²) in [6.45, 7) is 6.82. The van der Waals surface area contributed by atoms with Crippen LogP contribution in [-0.4, -0.2) is 16.5 Å². The Hall–Kier alpha value is -1.62. The van der Waals surface area contributed by atoms with Crippen molar-refractivity contribution in [3.05, 3.63) is 47.2 Å². The van der Waals surface area contributed by atoms with Gasteiger partial charge in [-0.15, -0.1) is 11.8 Å². The summed E-state index contributed by atoms with van der Waals surface area (Å²) in [6.07, 6.45) is 0. The third-order valence-corrected chi connectivity index (χ3v) is 4.02. The summed E-state index contributed by atoms with van der Waals surface area (Å²) in [5.74, 6) is 1.94. The molecule has 0 amide bonds. The van der Waals surface area contributed by atoms with Crippen molar-refractivity contribution in [2.24, 2.45) is 0 Å². The van der Waals surface area contributed by atoms with Crippen molar-refractivity contribution in [2.45, 2.75) is 31.4 Å². The van der Waals surface area contributed by atoms with Crippen LogP contribution in [0.15, 0.2) is 29.2 Å². The summed E-state index contributed by atoms with van der Waals surface area (Å²) in [5.41, 5.74) is 2.02. The monoisotopic (exact) mass is 291 g/mol. The zero-order chi connectivity index (χ0) is 14.5. The molecule has 5 heteroatoms. The van der Waals surface area contributed by atoms with Crippen LogP contribution in [0.2, 0.25) is 0 Å². The molecule has 20 heavy (non-hydrogen) atoms. The van der Waals surface area contributed by atoms with E-state index in [-0.39, 0.29) is 5.82 Å². The van der Waals surface area contributed by atoms with E-state index in [0.29, 0.717) is 10.6 Å². The quantitative estimate of drug-likeness (QED) is 0.846. The number of aromatic nitrogens is 2. The minimum Gasteiger partial charge on any atom is -0.370 e. The maximum atomic E-state index is 13.6. The first kappa shape index (κ1) is 14.8. The number of thioether (sulfide) groups is 1. The lowest BCUT2D eigenvalue weighted by Gasteiger charge is -2.11. The third kappa shape index (κ3) is 3.48. The first-order valence-corrected chi connectivity index (χ1v) is 7.55. The van der Waals surface area contributed by atoms with Gasteiger partial charge >= 0.3 is 0 Å². The zero-order valence-corrected chi connectivity index (χ0v) is 12.7. The fourth-order valence-corrected chi connectivity index (χ4v) is 2.59. The van der Waals surface area contributed by atoms with Crippen LogP contribution in [0.4, 0.5) is 10.2 Å². The number of hydrogen-bond acceptors (Lipinski definition) is 4. The van der Waals surface area contributed by atoms with Gasteiger partial charge in [-0.2, -0.15) is 0 Å². The summed E-state index contributed by atoms with van der Waals surface area (Å²) < 4.78 is 13.6. The van der Waals surface area contributed by atoms with Crippen LogP contribution < -0.4 is 5.32 Å². The molecule has 0 fully saturated rings. The number of hydrogen-bond donors (Lipinski definition) is 1. The summed E-state index contributed by atoms with van der Waals surface area (Å²) in [6, 6.07) is 6.76. The molecule has 0 spiro atoms. The molecule has 3 nitrogen and oxygen atoms in total. The van der Waals surface area contributed by atoms with Crippen LogP contribution in [0.25, 0.3) is 0 Å². The van der Waals surface area contributed by atoms with Gasteiger partial charge in [0, 0.05) is 22.7 Å². The molecule has 1 aromatic heterocycles. The van der Waals surface area contributed by atoms with Gasteiger partial charge in [-0.25, -0.2) is 14.4 Å². The van der Waals surface area contributed by atoms with Crippen LogP contribution in [-0.2, 0) is 5.75 Å². The van der Waals surface area contributed by atoms with Gasteiger partial charge in [0.05, 0.1) is 5.75 Å². The number of benzene rings is 1. The maximum absolute atomic E-state index is 13.6. The number of aryl methyl sites for hydroxylation is 1. The summed E-state index contributed by atoms with van der Waals surface area (Å²) >= 11 is 1.41. The maximum Gasteiger partial charge on any atom is 0.141 e. The van der Waals surface area contributed by atoms with Crippen molar-refractivity contribution in [3.63, 3.8) is 0 Å². The molecule has 1 heterocycles. The molecule has 1 aromatic carbocycles. The largest absolute Gasteiger partial charge is 0.370 e. The van der Waals surface area contributed by atoms with Crippen molar-refractivity contribution in [1.82, 2.24) is 9.97 Å². The number of nitrogens with zero attached hydrogens (tertiary/aromatic N) is 2. The van der Waals surface area contributed by atoms with E-state index < -0.39 is 0 Å². The molecule has 0 radical (unpaired) electrons. The molecule has 0 unspecified atom stereocenters.